The van der Waals surface area contributed by atoms with Crippen LogP contribution in [0.25, 0.3) is 0 Å². The molecule has 156 valence electrons. The average Bonchev–Trinajstić information content (AvgIpc) is 2.72. The number of piperidine rings is 1. The molecule has 1 fully saturated rings. The number of nitrogens with zero attached hydrogens (tertiary/aromatic N) is 1. The smallest absolute Gasteiger partial charge is 0.251 e. The van der Waals surface area contributed by atoms with Gasteiger partial charge in [-0.15, -0.1) is 0 Å². The van der Waals surface area contributed by atoms with E-state index in [0.717, 1.165) is 19.3 Å². The number of hydrogen-bond donors (Lipinski definition) is 2. The quantitative estimate of drug-likeness (QED) is 0.752. The van der Waals surface area contributed by atoms with Gasteiger partial charge in [-0.3, -0.25) is 4.79 Å². The van der Waals surface area contributed by atoms with Crippen molar-refractivity contribution in [3.63, 3.8) is 0 Å². The van der Waals surface area contributed by atoms with Crippen LogP contribution in [0.5, 0.6) is 0 Å². The van der Waals surface area contributed by atoms with Crippen LogP contribution in [-0.4, -0.2) is 42.9 Å². The standard InChI is InChI=1S/C21H25FN2O4S/c1-15-4-2-3-13-24(15)29(27,28)19-11-7-17(8-12-19)21(26)23-14-20(25)16-5-9-18(22)10-6-16/h5-12,15,20,25H,2-4,13-14H2,1H3,(H,23,26). The van der Waals surface area contributed by atoms with Crippen molar-refractivity contribution < 1.29 is 22.7 Å². The van der Waals surface area contributed by atoms with Crippen molar-refractivity contribution >= 4 is 15.9 Å². The van der Waals surface area contributed by atoms with Crippen LogP contribution in [-0.2, 0) is 10.0 Å². The van der Waals surface area contributed by atoms with Gasteiger partial charge < -0.3 is 10.4 Å². The molecule has 0 bridgehead atoms. The molecular weight excluding hydrogens is 395 g/mol. The normalized spacial score (nSPS) is 18.9. The van der Waals surface area contributed by atoms with E-state index in [9.17, 15) is 22.7 Å². The van der Waals surface area contributed by atoms with Crippen molar-refractivity contribution in [2.75, 3.05) is 13.1 Å². The highest BCUT2D eigenvalue weighted by Crippen LogP contribution is 2.25. The fourth-order valence-corrected chi connectivity index (χ4v) is 5.14. The van der Waals surface area contributed by atoms with Gasteiger partial charge in [0.05, 0.1) is 11.0 Å². The Morgan fingerprint density at radius 2 is 1.83 bits per heavy atom. The van der Waals surface area contributed by atoms with Crippen molar-refractivity contribution in [2.24, 2.45) is 0 Å². The van der Waals surface area contributed by atoms with Crippen LogP contribution in [0.15, 0.2) is 53.4 Å². The molecule has 1 aliphatic rings. The molecule has 29 heavy (non-hydrogen) atoms. The molecule has 6 nitrogen and oxygen atoms in total. The minimum Gasteiger partial charge on any atom is -0.387 e. The molecule has 1 heterocycles. The number of aliphatic hydroxyl groups excluding tert-OH is 1. The molecule has 0 aromatic heterocycles. The van der Waals surface area contributed by atoms with Crippen molar-refractivity contribution in [3.8, 4) is 0 Å². The van der Waals surface area contributed by atoms with Crippen molar-refractivity contribution in [3.05, 3.63) is 65.5 Å². The summed E-state index contributed by atoms with van der Waals surface area (Å²) in [6, 6.07) is 11.1. The van der Waals surface area contributed by atoms with E-state index in [2.05, 4.69) is 5.32 Å². The van der Waals surface area contributed by atoms with Gasteiger partial charge in [-0.2, -0.15) is 4.31 Å². The topological polar surface area (TPSA) is 86.7 Å². The second-order valence-corrected chi connectivity index (χ2v) is 9.15. The lowest BCUT2D eigenvalue weighted by Crippen LogP contribution is -2.41. The van der Waals surface area contributed by atoms with Crippen LogP contribution in [0, 0.1) is 5.82 Å². The van der Waals surface area contributed by atoms with Crippen molar-refractivity contribution in [1.82, 2.24) is 9.62 Å². The van der Waals surface area contributed by atoms with Gasteiger partial charge in [0.25, 0.3) is 5.91 Å². The van der Waals surface area contributed by atoms with E-state index >= 15 is 0 Å². The minimum absolute atomic E-state index is 0.0373. The third kappa shape index (κ3) is 5.01. The molecule has 2 unspecified atom stereocenters. The number of amides is 1. The first-order chi connectivity index (χ1) is 13.8. The molecular formula is C21H25FN2O4S. The number of sulfonamides is 1. The van der Waals surface area contributed by atoms with Crippen LogP contribution in [0.4, 0.5) is 4.39 Å². The van der Waals surface area contributed by atoms with Gasteiger partial charge in [-0.05, 0) is 61.7 Å². The highest BCUT2D eigenvalue weighted by molar-refractivity contribution is 7.89. The van der Waals surface area contributed by atoms with Gasteiger partial charge >= 0.3 is 0 Å². The Hall–Kier alpha value is -2.29. The highest BCUT2D eigenvalue weighted by atomic mass is 32.2. The Morgan fingerprint density at radius 3 is 2.45 bits per heavy atom. The molecule has 0 radical (unpaired) electrons. The summed E-state index contributed by atoms with van der Waals surface area (Å²) in [6.07, 6.45) is 1.74. The summed E-state index contributed by atoms with van der Waals surface area (Å²) < 4.78 is 40.1. The summed E-state index contributed by atoms with van der Waals surface area (Å²) in [6.45, 7) is 2.37. The van der Waals surface area contributed by atoms with E-state index in [0.29, 0.717) is 17.7 Å². The number of aliphatic hydroxyl groups is 1. The maximum Gasteiger partial charge on any atom is 0.251 e. The molecule has 0 aliphatic carbocycles. The third-order valence-electron chi connectivity index (χ3n) is 5.18. The molecule has 1 amide bonds. The molecule has 0 spiro atoms. The van der Waals surface area contributed by atoms with Gasteiger partial charge in [-0.25, -0.2) is 12.8 Å². The molecule has 3 rings (SSSR count). The zero-order valence-corrected chi connectivity index (χ0v) is 17.0. The number of carbonyl (C=O) groups is 1. The van der Waals surface area contributed by atoms with Gasteiger partial charge in [0.1, 0.15) is 5.82 Å². The maximum absolute atomic E-state index is 12.9. The Bertz CT molecular complexity index is 946. The molecule has 1 aliphatic heterocycles. The van der Waals surface area contributed by atoms with E-state index in [4.69, 9.17) is 0 Å². The van der Waals surface area contributed by atoms with E-state index in [-0.39, 0.29) is 17.5 Å². The fraction of sp³-hybridized carbons (Fsp3) is 0.381. The molecule has 2 aromatic rings. The molecule has 8 heteroatoms. The number of hydrogen-bond acceptors (Lipinski definition) is 4. The lowest BCUT2D eigenvalue weighted by atomic mass is 10.1. The predicted molar refractivity (Wildman–Crippen MR) is 107 cm³/mol. The number of benzene rings is 2. The third-order valence-corrected chi connectivity index (χ3v) is 7.20. The molecule has 0 saturated carbocycles. The predicted octanol–water partition coefficient (Wildman–Crippen LogP) is 2.85. The average molecular weight is 421 g/mol. The summed E-state index contributed by atoms with van der Waals surface area (Å²) in [7, 11) is -3.59. The lowest BCUT2D eigenvalue weighted by Gasteiger charge is -2.32. The van der Waals surface area contributed by atoms with Crippen LogP contribution in [0.3, 0.4) is 0 Å². The largest absolute Gasteiger partial charge is 0.387 e. The van der Waals surface area contributed by atoms with Crippen molar-refractivity contribution in [2.45, 2.75) is 43.2 Å². The Morgan fingerprint density at radius 1 is 1.17 bits per heavy atom. The zero-order valence-electron chi connectivity index (χ0n) is 16.2. The molecule has 1 saturated heterocycles. The molecule has 2 aromatic carbocycles. The number of nitrogens with one attached hydrogen (secondary N) is 1. The number of halogens is 1. The summed E-state index contributed by atoms with van der Waals surface area (Å²) in [5.74, 6) is -0.833. The van der Waals surface area contributed by atoms with Crippen molar-refractivity contribution in [1.29, 1.82) is 0 Å². The van der Waals surface area contributed by atoms with E-state index < -0.39 is 27.9 Å². The van der Waals surface area contributed by atoms with Crippen LogP contribution >= 0.6 is 0 Å². The van der Waals surface area contributed by atoms with Gasteiger partial charge in [0.15, 0.2) is 0 Å². The lowest BCUT2D eigenvalue weighted by molar-refractivity contribution is 0.0916. The van der Waals surface area contributed by atoms with Crippen LogP contribution in [0.1, 0.15) is 48.2 Å². The maximum atomic E-state index is 12.9. The summed E-state index contributed by atoms with van der Waals surface area (Å²) in [5, 5.41) is 12.7. The van der Waals surface area contributed by atoms with Crippen LogP contribution < -0.4 is 5.32 Å². The van der Waals surface area contributed by atoms with E-state index in [1.807, 2.05) is 6.92 Å². The SMILES string of the molecule is CC1CCCCN1S(=O)(=O)c1ccc(C(=O)NCC(O)c2ccc(F)cc2)cc1. The van der Waals surface area contributed by atoms with Gasteiger partial charge in [0.2, 0.25) is 10.0 Å². The first kappa shape index (κ1) is 21.4. The second-order valence-electron chi connectivity index (χ2n) is 7.26. The minimum atomic E-state index is -3.59. The molecule has 2 N–H and O–H groups in total. The first-order valence-corrected chi connectivity index (χ1v) is 11.1. The molecule has 2 atom stereocenters. The summed E-state index contributed by atoms with van der Waals surface area (Å²) in [5.41, 5.74) is 0.783. The number of rotatable bonds is 6. The summed E-state index contributed by atoms with van der Waals surface area (Å²) in [4.78, 5) is 12.5. The van der Waals surface area contributed by atoms with Crippen LogP contribution in [0.2, 0.25) is 0 Å². The van der Waals surface area contributed by atoms with E-state index in [1.54, 1.807) is 0 Å². The van der Waals surface area contributed by atoms with Gasteiger partial charge in [0, 0.05) is 24.7 Å². The zero-order chi connectivity index (χ0) is 21.0. The Balaban J connectivity index is 1.63. The Kier molecular flexibility index (Phi) is 6.66. The summed E-state index contributed by atoms with van der Waals surface area (Å²) >= 11 is 0. The van der Waals surface area contributed by atoms with E-state index in [1.165, 1.54) is 52.8 Å². The highest BCUT2D eigenvalue weighted by Gasteiger charge is 2.30. The fourth-order valence-electron chi connectivity index (χ4n) is 3.44. The number of carbonyl (C=O) groups excluding carboxylic acids is 1. The Labute approximate surface area is 170 Å². The first-order valence-electron chi connectivity index (χ1n) is 9.62. The monoisotopic (exact) mass is 420 g/mol. The second kappa shape index (κ2) is 9.02. The van der Waals surface area contributed by atoms with Gasteiger partial charge in [-0.1, -0.05) is 18.6 Å².